The van der Waals surface area contributed by atoms with E-state index in [9.17, 15) is 4.79 Å². The van der Waals surface area contributed by atoms with Gasteiger partial charge in [0.2, 0.25) is 5.91 Å². The number of aliphatic imine (C=N–C) groups is 1. The maximum absolute atomic E-state index is 10.7. The van der Waals surface area contributed by atoms with Crippen LogP contribution in [0.2, 0.25) is 0 Å². The van der Waals surface area contributed by atoms with Crippen molar-refractivity contribution in [2.24, 2.45) is 4.99 Å². The van der Waals surface area contributed by atoms with Crippen LogP contribution in [0.4, 0.5) is 0 Å². The van der Waals surface area contributed by atoms with E-state index in [-0.39, 0.29) is 5.91 Å². The Kier molecular flexibility index (Phi) is 2.46. The summed E-state index contributed by atoms with van der Waals surface area (Å²) in [5.41, 5.74) is 5.20. The highest BCUT2D eigenvalue weighted by Gasteiger charge is 2.15. The molecule has 1 saturated heterocycles. The van der Waals surface area contributed by atoms with Crippen molar-refractivity contribution in [1.82, 2.24) is 10.9 Å². The molecule has 1 fully saturated rings. The van der Waals surface area contributed by atoms with Crippen molar-refractivity contribution in [3.8, 4) is 0 Å². The number of hydrazine groups is 1. The van der Waals surface area contributed by atoms with Crippen LogP contribution in [0.15, 0.2) is 4.99 Å². The van der Waals surface area contributed by atoms with E-state index in [0.717, 1.165) is 12.3 Å². The monoisotopic (exact) mass is 155 g/mol. The lowest BCUT2D eigenvalue weighted by molar-refractivity contribution is -0.119. The molecule has 1 atom stereocenters. The summed E-state index contributed by atoms with van der Waals surface area (Å²) in [4.78, 5) is 14.9. The molecule has 1 heterocycles. The number of hydrogen-bond donors (Lipinski definition) is 2. The van der Waals surface area contributed by atoms with Crippen LogP contribution in [-0.2, 0) is 4.79 Å². The van der Waals surface area contributed by atoms with Crippen LogP contribution in [0.3, 0.4) is 0 Å². The van der Waals surface area contributed by atoms with Crippen molar-refractivity contribution in [2.45, 2.75) is 32.7 Å². The Hall–Kier alpha value is -1.06. The average Bonchev–Trinajstić information content (AvgIpc) is 2.35. The van der Waals surface area contributed by atoms with Gasteiger partial charge < -0.3 is 0 Å². The zero-order chi connectivity index (χ0) is 8.27. The van der Waals surface area contributed by atoms with Gasteiger partial charge in [0.15, 0.2) is 0 Å². The van der Waals surface area contributed by atoms with E-state index < -0.39 is 0 Å². The van der Waals surface area contributed by atoms with Crippen molar-refractivity contribution >= 4 is 11.7 Å². The molecule has 1 rings (SSSR count). The second-order valence-corrected chi connectivity index (χ2v) is 2.68. The molecule has 0 aromatic heterocycles. The lowest BCUT2D eigenvalue weighted by Crippen LogP contribution is -2.29. The first kappa shape index (κ1) is 8.04. The van der Waals surface area contributed by atoms with Gasteiger partial charge in [0.25, 0.3) is 0 Å². The first-order chi connectivity index (χ1) is 5.22. The Balaban J connectivity index is 2.47. The summed E-state index contributed by atoms with van der Waals surface area (Å²) in [6, 6.07) is 0.296. The summed E-state index contributed by atoms with van der Waals surface area (Å²) in [5, 5.41) is 0. The minimum atomic E-state index is -0.00736. The van der Waals surface area contributed by atoms with Crippen molar-refractivity contribution < 1.29 is 4.79 Å². The molecular formula is C7H13N3O. The maximum atomic E-state index is 10.7. The van der Waals surface area contributed by atoms with E-state index >= 15 is 0 Å². The van der Waals surface area contributed by atoms with Crippen molar-refractivity contribution in [3.05, 3.63) is 0 Å². The maximum Gasteiger partial charge on any atom is 0.245 e. The SMILES string of the molecule is CC[C@@H](C)N=C1CC(=O)NN1. The Labute approximate surface area is 66.0 Å². The number of amidine groups is 1. The predicted molar refractivity (Wildman–Crippen MR) is 43.1 cm³/mol. The molecule has 0 saturated carbocycles. The zero-order valence-electron chi connectivity index (χ0n) is 6.85. The summed E-state index contributed by atoms with van der Waals surface area (Å²) in [6.45, 7) is 4.09. The minimum absolute atomic E-state index is 0.00736. The molecule has 2 N–H and O–H groups in total. The van der Waals surface area contributed by atoms with Gasteiger partial charge in [0.05, 0.1) is 6.42 Å². The normalized spacial score (nSPS) is 23.1. The fraction of sp³-hybridized carbons (Fsp3) is 0.714. The largest absolute Gasteiger partial charge is 0.285 e. The van der Waals surface area contributed by atoms with Crippen molar-refractivity contribution in [3.63, 3.8) is 0 Å². The number of amides is 1. The molecule has 0 aromatic carbocycles. The van der Waals surface area contributed by atoms with E-state index in [1.807, 2.05) is 6.92 Å². The molecule has 0 spiro atoms. The molecule has 4 nitrogen and oxygen atoms in total. The number of carbonyl (C=O) groups excluding carboxylic acids is 1. The molecule has 0 unspecified atom stereocenters. The number of carbonyl (C=O) groups is 1. The first-order valence-electron chi connectivity index (χ1n) is 3.84. The van der Waals surface area contributed by atoms with Gasteiger partial charge in [-0.15, -0.1) is 0 Å². The van der Waals surface area contributed by atoms with Crippen LogP contribution in [-0.4, -0.2) is 17.8 Å². The molecule has 1 aliphatic rings. The molecule has 62 valence electrons. The first-order valence-corrected chi connectivity index (χ1v) is 3.84. The van der Waals surface area contributed by atoms with Crippen LogP contribution in [0.5, 0.6) is 0 Å². The molecular weight excluding hydrogens is 142 g/mol. The topological polar surface area (TPSA) is 53.5 Å². The molecule has 0 bridgehead atoms. The van der Waals surface area contributed by atoms with E-state index in [0.29, 0.717) is 12.5 Å². The smallest absolute Gasteiger partial charge is 0.245 e. The van der Waals surface area contributed by atoms with E-state index in [2.05, 4.69) is 22.8 Å². The molecule has 0 radical (unpaired) electrons. The number of nitrogens with zero attached hydrogens (tertiary/aromatic N) is 1. The number of rotatable bonds is 2. The van der Waals surface area contributed by atoms with Gasteiger partial charge in [0, 0.05) is 6.04 Å². The Morgan fingerprint density at radius 2 is 2.36 bits per heavy atom. The van der Waals surface area contributed by atoms with Crippen LogP contribution in [0.1, 0.15) is 26.7 Å². The lowest BCUT2D eigenvalue weighted by Gasteiger charge is -2.02. The van der Waals surface area contributed by atoms with Gasteiger partial charge in [-0.2, -0.15) is 0 Å². The van der Waals surface area contributed by atoms with Gasteiger partial charge in [0.1, 0.15) is 5.84 Å². The molecule has 4 heteroatoms. The van der Waals surface area contributed by atoms with Gasteiger partial charge in [-0.25, -0.2) is 0 Å². The highest BCUT2D eigenvalue weighted by molar-refractivity contribution is 6.04. The lowest BCUT2D eigenvalue weighted by atomic mass is 10.3. The van der Waals surface area contributed by atoms with Crippen LogP contribution in [0, 0.1) is 0 Å². The van der Waals surface area contributed by atoms with Crippen molar-refractivity contribution in [1.29, 1.82) is 0 Å². The zero-order valence-corrected chi connectivity index (χ0v) is 6.85. The van der Waals surface area contributed by atoms with Crippen LogP contribution >= 0.6 is 0 Å². The second-order valence-electron chi connectivity index (χ2n) is 2.68. The number of hydrogen-bond acceptors (Lipinski definition) is 2. The summed E-state index contributed by atoms with van der Waals surface area (Å²) in [6.07, 6.45) is 1.39. The molecule has 1 aliphatic heterocycles. The van der Waals surface area contributed by atoms with Crippen LogP contribution in [0.25, 0.3) is 0 Å². The Bertz CT molecular complexity index is 188. The van der Waals surface area contributed by atoms with E-state index in [4.69, 9.17) is 0 Å². The third-order valence-corrected chi connectivity index (χ3v) is 1.64. The summed E-state index contributed by atoms with van der Waals surface area (Å²) in [7, 11) is 0. The fourth-order valence-corrected chi connectivity index (χ4v) is 0.818. The van der Waals surface area contributed by atoms with Crippen molar-refractivity contribution in [2.75, 3.05) is 0 Å². The summed E-state index contributed by atoms with van der Waals surface area (Å²) >= 11 is 0. The van der Waals surface area contributed by atoms with Crippen LogP contribution < -0.4 is 10.9 Å². The molecule has 0 aromatic rings. The van der Waals surface area contributed by atoms with Gasteiger partial charge >= 0.3 is 0 Å². The predicted octanol–water partition coefficient (Wildman–Crippen LogP) is 0.208. The van der Waals surface area contributed by atoms with Gasteiger partial charge in [-0.3, -0.25) is 20.6 Å². The highest BCUT2D eigenvalue weighted by atomic mass is 16.2. The highest BCUT2D eigenvalue weighted by Crippen LogP contribution is 1.98. The molecule has 11 heavy (non-hydrogen) atoms. The number of nitrogens with one attached hydrogen (secondary N) is 2. The van der Waals surface area contributed by atoms with Gasteiger partial charge in [-0.1, -0.05) is 6.92 Å². The quantitative estimate of drug-likeness (QED) is 0.599. The third-order valence-electron chi connectivity index (χ3n) is 1.64. The fourth-order valence-electron chi connectivity index (χ4n) is 0.818. The Morgan fingerprint density at radius 1 is 1.64 bits per heavy atom. The minimum Gasteiger partial charge on any atom is -0.285 e. The standard InChI is InChI=1S/C7H13N3O/c1-3-5(2)8-6-4-7(11)10-9-6/h5H,3-4H2,1-2H3,(H,8,9)(H,10,11)/t5-/m1/s1. The summed E-state index contributed by atoms with van der Waals surface area (Å²) in [5.74, 6) is 0.747. The van der Waals surface area contributed by atoms with E-state index in [1.54, 1.807) is 0 Å². The van der Waals surface area contributed by atoms with E-state index in [1.165, 1.54) is 0 Å². The van der Waals surface area contributed by atoms with Gasteiger partial charge in [-0.05, 0) is 13.3 Å². The summed E-state index contributed by atoms with van der Waals surface area (Å²) < 4.78 is 0. The average molecular weight is 155 g/mol. The third kappa shape index (κ3) is 2.22. The molecule has 1 amide bonds. The second kappa shape index (κ2) is 3.37. The molecule has 0 aliphatic carbocycles. The Morgan fingerprint density at radius 3 is 2.82 bits per heavy atom.